The zero-order chi connectivity index (χ0) is 14.0. The lowest BCUT2D eigenvalue weighted by atomic mass is 9.95. The van der Waals surface area contributed by atoms with Crippen LogP contribution in [-0.2, 0) is 0 Å². The summed E-state index contributed by atoms with van der Waals surface area (Å²) in [6, 6.07) is 8.58. The van der Waals surface area contributed by atoms with Crippen molar-refractivity contribution in [2.45, 2.75) is 13.0 Å². The monoisotopic (exact) mass is 326 g/mol. The Balaban J connectivity index is 2.49. The van der Waals surface area contributed by atoms with Gasteiger partial charge in [0.25, 0.3) is 0 Å². The molecule has 2 rings (SSSR count). The first-order valence-electron chi connectivity index (χ1n) is 5.69. The molecule has 0 saturated carbocycles. The fraction of sp³-hybridized carbons (Fsp3) is 0.143. The predicted octanol–water partition coefficient (Wildman–Crippen LogP) is 3.59. The highest BCUT2D eigenvalue weighted by atomic mass is 79.9. The van der Waals surface area contributed by atoms with Gasteiger partial charge < -0.3 is 0 Å². The van der Waals surface area contributed by atoms with Crippen molar-refractivity contribution in [2.75, 3.05) is 0 Å². The fourth-order valence-electron chi connectivity index (χ4n) is 2.07. The quantitative estimate of drug-likeness (QED) is 0.668. The van der Waals surface area contributed by atoms with Crippen LogP contribution in [0.5, 0.6) is 0 Å². The maximum Gasteiger partial charge on any atom is 0.126 e. The van der Waals surface area contributed by atoms with E-state index < -0.39 is 17.7 Å². The summed E-state index contributed by atoms with van der Waals surface area (Å²) in [5, 5.41) is 0. The molecule has 0 saturated heterocycles. The molecule has 0 aliphatic carbocycles. The van der Waals surface area contributed by atoms with Gasteiger partial charge in [-0.2, -0.15) is 0 Å². The first-order chi connectivity index (χ1) is 9.01. The molecule has 2 nitrogen and oxygen atoms in total. The maximum atomic E-state index is 13.3. The molecule has 1 atom stereocenters. The number of hydrazine groups is 1. The summed E-state index contributed by atoms with van der Waals surface area (Å²) in [7, 11) is 0. The van der Waals surface area contributed by atoms with Crippen molar-refractivity contribution in [3.63, 3.8) is 0 Å². The number of rotatable bonds is 3. The van der Waals surface area contributed by atoms with Crippen LogP contribution in [0.15, 0.2) is 40.9 Å². The molecule has 0 aliphatic rings. The number of hydrogen-bond acceptors (Lipinski definition) is 2. The van der Waals surface area contributed by atoms with E-state index in [1.165, 1.54) is 12.1 Å². The lowest BCUT2D eigenvalue weighted by molar-refractivity contribution is 0.565. The van der Waals surface area contributed by atoms with Gasteiger partial charge in [-0.1, -0.05) is 22.0 Å². The summed E-state index contributed by atoms with van der Waals surface area (Å²) in [6.45, 7) is 1.92. The number of hydrogen-bond donors (Lipinski definition) is 2. The second kappa shape index (κ2) is 5.77. The molecule has 1 unspecified atom stereocenters. The van der Waals surface area contributed by atoms with E-state index in [0.29, 0.717) is 5.56 Å². The van der Waals surface area contributed by atoms with Crippen LogP contribution in [0.1, 0.15) is 22.7 Å². The molecule has 0 amide bonds. The third-order valence-electron chi connectivity index (χ3n) is 2.93. The summed E-state index contributed by atoms with van der Waals surface area (Å²) < 4.78 is 27.5. The van der Waals surface area contributed by atoms with Crippen LogP contribution in [0.25, 0.3) is 0 Å². The lowest BCUT2D eigenvalue weighted by Gasteiger charge is -2.19. The van der Waals surface area contributed by atoms with Crippen LogP contribution >= 0.6 is 15.9 Å². The highest BCUT2D eigenvalue weighted by Crippen LogP contribution is 2.27. The number of benzene rings is 2. The molecular formula is C14H13BrF2N2. The largest absolute Gasteiger partial charge is 0.271 e. The number of nitrogens with two attached hydrogens (primary N) is 1. The van der Waals surface area contributed by atoms with Crippen LogP contribution in [0.3, 0.4) is 0 Å². The Morgan fingerprint density at radius 3 is 2.26 bits per heavy atom. The molecule has 0 spiro atoms. The molecule has 100 valence electrons. The SMILES string of the molecule is Cc1cc(Br)ccc1C(NN)c1cc(F)cc(F)c1. The van der Waals surface area contributed by atoms with Gasteiger partial charge >= 0.3 is 0 Å². The van der Waals surface area contributed by atoms with Gasteiger partial charge in [-0.25, -0.2) is 14.2 Å². The highest BCUT2D eigenvalue weighted by molar-refractivity contribution is 9.10. The normalized spacial score (nSPS) is 12.5. The van der Waals surface area contributed by atoms with Gasteiger partial charge in [0, 0.05) is 10.5 Å². The van der Waals surface area contributed by atoms with E-state index in [1.807, 2.05) is 25.1 Å². The Bertz CT molecular complexity index is 582. The number of nitrogens with one attached hydrogen (secondary N) is 1. The molecule has 2 aromatic rings. The average molecular weight is 327 g/mol. The smallest absolute Gasteiger partial charge is 0.126 e. The molecule has 0 bridgehead atoms. The van der Waals surface area contributed by atoms with Gasteiger partial charge in [0.2, 0.25) is 0 Å². The first-order valence-corrected chi connectivity index (χ1v) is 6.48. The number of halogens is 3. The van der Waals surface area contributed by atoms with Crippen LogP contribution in [-0.4, -0.2) is 0 Å². The van der Waals surface area contributed by atoms with Crippen molar-refractivity contribution in [3.05, 3.63) is 69.2 Å². The van der Waals surface area contributed by atoms with Crippen molar-refractivity contribution >= 4 is 15.9 Å². The molecular weight excluding hydrogens is 314 g/mol. The van der Waals surface area contributed by atoms with Crippen molar-refractivity contribution in [2.24, 2.45) is 5.84 Å². The summed E-state index contributed by atoms with van der Waals surface area (Å²) in [6.07, 6.45) is 0. The van der Waals surface area contributed by atoms with Crippen LogP contribution in [0.4, 0.5) is 8.78 Å². The fourth-order valence-corrected chi connectivity index (χ4v) is 2.55. The van der Waals surface area contributed by atoms with Crippen LogP contribution in [0, 0.1) is 18.6 Å². The maximum absolute atomic E-state index is 13.3. The molecule has 0 aliphatic heterocycles. The second-order valence-electron chi connectivity index (χ2n) is 4.30. The summed E-state index contributed by atoms with van der Waals surface area (Å²) >= 11 is 3.38. The van der Waals surface area contributed by atoms with Crippen molar-refractivity contribution in [1.82, 2.24) is 5.43 Å². The van der Waals surface area contributed by atoms with Crippen molar-refractivity contribution in [3.8, 4) is 0 Å². The summed E-state index contributed by atoms with van der Waals surface area (Å²) in [5.41, 5.74) is 4.90. The third-order valence-corrected chi connectivity index (χ3v) is 3.42. The third kappa shape index (κ3) is 3.18. The molecule has 2 aromatic carbocycles. The van der Waals surface area contributed by atoms with Gasteiger partial charge in [0.1, 0.15) is 11.6 Å². The van der Waals surface area contributed by atoms with E-state index in [1.54, 1.807) is 0 Å². The summed E-state index contributed by atoms with van der Waals surface area (Å²) in [4.78, 5) is 0. The molecule has 0 heterocycles. The van der Waals surface area contributed by atoms with Gasteiger partial charge in [-0.05, 0) is 47.9 Å². The van der Waals surface area contributed by atoms with E-state index in [2.05, 4.69) is 21.4 Å². The first kappa shape index (κ1) is 14.1. The molecule has 0 fully saturated rings. The zero-order valence-electron chi connectivity index (χ0n) is 10.3. The van der Waals surface area contributed by atoms with E-state index in [4.69, 9.17) is 5.84 Å². The Hall–Kier alpha value is -1.30. The zero-order valence-corrected chi connectivity index (χ0v) is 11.8. The van der Waals surface area contributed by atoms with Gasteiger partial charge in [0.15, 0.2) is 0 Å². The van der Waals surface area contributed by atoms with Crippen molar-refractivity contribution in [1.29, 1.82) is 0 Å². The van der Waals surface area contributed by atoms with Crippen molar-refractivity contribution < 1.29 is 8.78 Å². The van der Waals surface area contributed by atoms with E-state index in [0.717, 1.165) is 21.7 Å². The summed E-state index contributed by atoms with van der Waals surface area (Å²) in [5.74, 6) is 4.30. The molecule has 0 radical (unpaired) electrons. The minimum absolute atomic E-state index is 0.449. The Morgan fingerprint density at radius 2 is 1.74 bits per heavy atom. The second-order valence-corrected chi connectivity index (χ2v) is 5.22. The van der Waals surface area contributed by atoms with Crippen LogP contribution in [0.2, 0.25) is 0 Å². The average Bonchev–Trinajstić information content (AvgIpc) is 2.31. The minimum atomic E-state index is -0.620. The minimum Gasteiger partial charge on any atom is -0.271 e. The molecule has 19 heavy (non-hydrogen) atoms. The predicted molar refractivity (Wildman–Crippen MR) is 74.4 cm³/mol. The Morgan fingerprint density at radius 1 is 1.11 bits per heavy atom. The molecule has 3 N–H and O–H groups in total. The topological polar surface area (TPSA) is 38.0 Å². The van der Waals surface area contributed by atoms with E-state index in [-0.39, 0.29) is 0 Å². The van der Waals surface area contributed by atoms with Gasteiger partial charge in [0.05, 0.1) is 6.04 Å². The van der Waals surface area contributed by atoms with Gasteiger partial charge in [-0.15, -0.1) is 0 Å². The van der Waals surface area contributed by atoms with E-state index in [9.17, 15) is 8.78 Å². The molecule has 0 aromatic heterocycles. The highest BCUT2D eigenvalue weighted by Gasteiger charge is 2.16. The molecule has 5 heteroatoms. The Kier molecular flexibility index (Phi) is 4.29. The van der Waals surface area contributed by atoms with Gasteiger partial charge in [-0.3, -0.25) is 5.84 Å². The number of aryl methyl sites for hydroxylation is 1. The lowest BCUT2D eigenvalue weighted by Crippen LogP contribution is -2.29. The standard InChI is InChI=1S/C14H13BrF2N2/c1-8-4-10(15)2-3-13(8)14(19-18)9-5-11(16)7-12(17)6-9/h2-7,14,19H,18H2,1H3. The van der Waals surface area contributed by atoms with E-state index >= 15 is 0 Å². The van der Waals surface area contributed by atoms with Crippen LogP contribution < -0.4 is 11.3 Å². The Labute approximate surface area is 118 Å².